The second kappa shape index (κ2) is 7.39. The Morgan fingerprint density at radius 1 is 1.03 bits per heavy atom. The quantitative estimate of drug-likeness (QED) is 0.720. The second-order valence-electron chi connectivity index (χ2n) is 8.01. The minimum atomic E-state index is 0.141. The number of rotatable bonds is 4. The van der Waals surface area contributed by atoms with Crippen LogP contribution in [0.4, 0.5) is 0 Å². The Hall–Kier alpha value is -3.08. The lowest BCUT2D eigenvalue weighted by Crippen LogP contribution is -2.42. The molecule has 5 nitrogen and oxygen atoms in total. The number of benzene rings is 2. The molecule has 29 heavy (non-hydrogen) atoms. The molecule has 148 valence electrons. The number of pyridine rings is 1. The standard InChI is InChI=1S/C24H24N2O3/c27-23-14-18-2-1-11-25-22(18)15-21(23)16-5-7-19(8-6-16)29-20-9-12-26(13-10-20)24(28)17-3-4-17/h1-2,5-8,11,14-15,17,20,27H,3-4,9-10,12-13H2. The Balaban J connectivity index is 1.25. The zero-order chi connectivity index (χ0) is 19.8. The maximum absolute atomic E-state index is 12.2. The molecule has 3 aromatic rings. The van der Waals surface area contributed by atoms with Crippen molar-refractivity contribution in [2.75, 3.05) is 13.1 Å². The molecule has 1 aromatic heterocycles. The zero-order valence-electron chi connectivity index (χ0n) is 16.3. The lowest BCUT2D eigenvalue weighted by Gasteiger charge is -2.32. The third-order valence-electron chi connectivity index (χ3n) is 5.87. The monoisotopic (exact) mass is 388 g/mol. The van der Waals surface area contributed by atoms with Crippen LogP contribution in [-0.4, -0.2) is 40.1 Å². The van der Waals surface area contributed by atoms with Crippen molar-refractivity contribution in [2.24, 2.45) is 5.92 Å². The predicted octanol–water partition coefficient (Wildman–Crippen LogP) is 4.39. The largest absolute Gasteiger partial charge is 0.507 e. The minimum absolute atomic E-state index is 0.141. The van der Waals surface area contributed by atoms with Crippen molar-refractivity contribution in [3.8, 4) is 22.6 Å². The van der Waals surface area contributed by atoms with Crippen molar-refractivity contribution in [1.29, 1.82) is 0 Å². The van der Waals surface area contributed by atoms with E-state index in [1.165, 1.54) is 0 Å². The van der Waals surface area contributed by atoms with E-state index >= 15 is 0 Å². The third-order valence-corrected chi connectivity index (χ3v) is 5.87. The minimum Gasteiger partial charge on any atom is -0.507 e. The van der Waals surface area contributed by atoms with E-state index in [1.54, 1.807) is 12.3 Å². The normalized spacial score (nSPS) is 17.4. The topological polar surface area (TPSA) is 62.7 Å². The average Bonchev–Trinajstić information content (AvgIpc) is 3.59. The summed E-state index contributed by atoms with van der Waals surface area (Å²) in [5.74, 6) is 1.69. The smallest absolute Gasteiger partial charge is 0.225 e. The van der Waals surface area contributed by atoms with E-state index < -0.39 is 0 Å². The molecule has 1 aliphatic heterocycles. The van der Waals surface area contributed by atoms with Gasteiger partial charge in [-0.15, -0.1) is 0 Å². The second-order valence-corrected chi connectivity index (χ2v) is 8.01. The summed E-state index contributed by atoms with van der Waals surface area (Å²) >= 11 is 0. The summed E-state index contributed by atoms with van der Waals surface area (Å²) in [6.07, 6.45) is 5.76. The van der Waals surface area contributed by atoms with Crippen molar-refractivity contribution in [3.05, 3.63) is 54.7 Å². The average molecular weight is 388 g/mol. The molecular formula is C24H24N2O3. The maximum atomic E-state index is 12.2. The molecule has 0 radical (unpaired) electrons. The molecule has 1 aliphatic carbocycles. The van der Waals surface area contributed by atoms with Crippen LogP contribution in [0.15, 0.2) is 54.7 Å². The van der Waals surface area contributed by atoms with Crippen molar-refractivity contribution < 1.29 is 14.6 Å². The fourth-order valence-electron chi connectivity index (χ4n) is 4.03. The number of nitrogens with zero attached hydrogens (tertiary/aromatic N) is 2. The fraction of sp³-hybridized carbons (Fsp3) is 0.333. The molecule has 5 rings (SSSR count). The molecule has 0 atom stereocenters. The number of hydrogen-bond donors (Lipinski definition) is 1. The first kappa shape index (κ1) is 18.0. The van der Waals surface area contributed by atoms with Crippen LogP contribution in [0.5, 0.6) is 11.5 Å². The molecule has 5 heteroatoms. The molecule has 0 unspecified atom stereocenters. The van der Waals surface area contributed by atoms with Crippen molar-refractivity contribution in [3.63, 3.8) is 0 Å². The summed E-state index contributed by atoms with van der Waals surface area (Å²) in [5, 5.41) is 11.3. The van der Waals surface area contributed by atoms with Gasteiger partial charge in [-0.05, 0) is 48.7 Å². The first-order valence-electron chi connectivity index (χ1n) is 10.3. The number of amides is 1. The Morgan fingerprint density at radius 3 is 2.52 bits per heavy atom. The summed E-state index contributed by atoms with van der Waals surface area (Å²) < 4.78 is 6.14. The van der Waals surface area contributed by atoms with Gasteiger partial charge in [0.05, 0.1) is 5.52 Å². The number of aromatic hydroxyl groups is 1. The fourth-order valence-corrected chi connectivity index (χ4v) is 4.03. The number of aromatic nitrogens is 1. The van der Waals surface area contributed by atoms with E-state index in [1.807, 2.05) is 47.4 Å². The molecular weight excluding hydrogens is 364 g/mol. The van der Waals surface area contributed by atoms with Gasteiger partial charge in [0.1, 0.15) is 17.6 Å². The lowest BCUT2D eigenvalue weighted by atomic mass is 10.0. The Labute approximate surface area is 169 Å². The molecule has 0 bridgehead atoms. The molecule has 1 saturated heterocycles. The van der Waals surface area contributed by atoms with Crippen LogP contribution in [0.3, 0.4) is 0 Å². The van der Waals surface area contributed by atoms with E-state index in [0.717, 1.165) is 66.6 Å². The highest BCUT2D eigenvalue weighted by Crippen LogP contribution is 2.34. The van der Waals surface area contributed by atoms with Crippen LogP contribution in [0.2, 0.25) is 0 Å². The van der Waals surface area contributed by atoms with Gasteiger partial charge in [0.2, 0.25) is 5.91 Å². The number of phenols is 1. The predicted molar refractivity (Wildman–Crippen MR) is 112 cm³/mol. The summed E-state index contributed by atoms with van der Waals surface area (Å²) in [6, 6.07) is 15.3. The Kier molecular flexibility index (Phi) is 4.58. The molecule has 2 aliphatic rings. The Morgan fingerprint density at radius 2 is 1.79 bits per heavy atom. The van der Waals surface area contributed by atoms with Gasteiger partial charge < -0.3 is 14.7 Å². The number of carbonyl (C=O) groups is 1. The third kappa shape index (κ3) is 3.77. The van der Waals surface area contributed by atoms with E-state index in [2.05, 4.69) is 4.98 Å². The van der Waals surface area contributed by atoms with Gasteiger partial charge in [-0.1, -0.05) is 18.2 Å². The Bertz CT molecular complexity index is 1040. The molecule has 2 heterocycles. The number of hydrogen-bond acceptors (Lipinski definition) is 4. The SMILES string of the molecule is O=C(C1CC1)N1CCC(Oc2ccc(-c3cc4ncccc4cc3O)cc2)CC1. The van der Waals surface area contributed by atoms with Crippen LogP contribution < -0.4 is 4.74 Å². The van der Waals surface area contributed by atoms with Gasteiger partial charge in [-0.3, -0.25) is 9.78 Å². The molecule has 1 saturated carbocycles. The van der Waals surface area contributed by atoms with Gasteiger partial charge in [-0.2, -0.15) is 0 Å². The summed E-state index contributed by atoms with van der Waals surface area (Å²) in [4.78, 5) is 18.5. The van der Waals surface area contributed by atoms with E-state index in [9.17, 15) is 9.90 Å². The maximum Gasteiger partial charge on any atom is 0.225 e. The lowest BCUT2D eigenvalue weighted by molar-refractivity contribution is -0.134. The van der Waals surface area contributed by atoms with Gasteiger partial charge in [-0.25, -0.2) is 0 Å². The number of phenolic OH excluding ortho intramolecular Hbond substituents is 1. The van der Waals surface area contributed by atoms with Crippen molar-refractivity contribution in [1.82, 2.24) is 9.88 Å². The van der Waals surface area contributed by atoms with Crippen molar-refractivity contribution >= 4 is 16.8 Å². The zero-order valence-corrected chi connectivity index (χ0v) is 16.3. The molecule has 2 fully saturated rings. The van der Waals surface area contributed by atoms with E-state index in [4.69, 9.17) is 4.74 Å². The van der Waals surface area contributed by atoms with Crippen LogP contribution in [0.25, 0.3) is 22.0 Å². The highest BCUT2D eigenvalue weighted by Gasteiger charge is 2.35. The first-order chi connectivity index (χ1) is 14.2. The van der Waals surface area contributed by atoms with E-state index in [0.29, 0.717) is 11.8 Å². The number of ether oxygens (including phenoxy) is 1. The highest BCUT2D eigenvalue weighted by atomic mass is 16.5. The number of piperidine rings is 1. The number of likely N-dealkylation sites (tertiary alicyclic amines) is 1. The van der Waals surface area contributed by atoms with E-state index in [-0.39, 0.29) is 11.9 Å². The number of fused-ring (bicyclic) bond motifs is 1. The molecule has 2 aromatic carbocycles. The van der Waals surface area contributed by atoms with Crippen molar-refractivity contribution in [2.45, 2.75) is 31.8 Å². The summed E-state index contributed by atoms with van der Waals surface area (Å²) in [6.45, 7) is 1.58. The first-order valence-corrected chi connectivity index (χ1v) is 10.3. The van der Waals surface area contributed by atoms with Crippen LogP contribution in [0.1, 0.15) is 25.7 Å². The van der Waals surface area contributed by atoms with Gasteiger partial charge in [0.25, 0.3) is 0 Å². The summed E-state index contributed by atoms with van der Waals surface area (Å²) in [7, 11) is 0. The van der Waals surface area contributed by atoms with Gasteiger partial charge in [0.15, 0.2) is 0 Å². The molecule has 0 spiro atoms. The summed E-state index contributed by atoms with van der Waals surface area (Å²) in [5.41, 5.74) is 2.54. The van der Waals surface area contributed by atoms with Crippen LogP contribution in [-0.2, 0) is 4.79 Å². The van der Waals surface area contributed by atoms with Crippen LogP contribution in [0, 0.1) is 5.92 Å². The van der Waals surface area contributed by atoms with Gasteiger partial charge >= 0.3 is 0 Å². The van der Waals surface area contributed by atoms with Gasteiger partial charge in [0, 0.05) is 49.0 Å². The van der Waals surface area contributed by atoms with Crippen LogP contribution >= 0.6 is 0 Å². The molecule has 1 N–H and O–H groups in total. The molecule has 1 amide bonds. The highest BCUT2D eigenvalue weighted by molar-refractivity contribution is 5.87. The number of carbonyl (C=O) groups excluding carboxylic acids is 1.